The molecule has 2 heterocycles. The van der Waals surface area contributed by atoms with Gasteiger partial charge in [0.25, 0.3) is 0 Å². The summed E-state index contributed by atoms with van der Waals surface area (Å²) in [4.78, 5) is 15.7. The number of nitrogens with zero attached hydrogens (tertiary/aromatic N) is 1. The van der Waals surface area contributed by atoms with E-state index in [-0.39, 0.29) is 18.2 Å². The Kier molecular flexibility index (Phi) is 6.01. The zero-order chi connectivity index (χ0) is 19.4. The Morgan fingerprint density at radius 1 is 1.26 bits per heavy atom. The fourth-order valence-corrected chi connectivity index (χ4v) is 3.25. The molecule has 0 spiro atoms. The van der Waals surface area contributed by atoms with Gasteiger partial charge in [0.15, 0.2) is 11.5 Å². The second-order valence-electron chi connectivity index (χ2n) is 5.55. The maximum Gasteiger partial charge on any atom is 0.417 e. The van der Waals surface area contributed by atoms with E-state index in [2.05, 4.69) is 10.3 Å². The molecule has 1 aromatic carbocycles. The number of thioether (sulfide) groups is 1. The SMILES string of the molecule is O=C(CSc1ccc(C(F)(F)F)cn1)NCc1cc(Cl)c2c(c1)OCCO2. The van der Waals surface area contributed by atoms with Gasteiger partial charge in [-0.15, -0.1) is 0 Å². The monoisotopic (exact) mass is 418 g/mol. The molecule has 5 nitrogen and oxygen atoms in total. The molecular formula is C17H14ClF3N2O3S. The highest BCUT2D eigenvalue weighted by atomic mass is 35.5. The zero-order valence-corrected chi connectivity index (χ0v) is 15.4. The summed E-state index contributed by atoms with van der Waals surface area (Å²) in [6.45, 7) is 1.09. The number of alkyl halides is 3. The number of carbonyl (C=O) groups excluding carboxylic acids is 1. The summed E-state index contributed by atoms with van der Waals surface area (Å²) in [6, 6.07) is 5.59. The Balaban J connectivity index is 1.51. The van der Waals surface area contributed by atoms with Crippen LogP contribution in [0.4, 0.5) is 13.2 Å². The number of hydrogen-bond acceptors (Lipinski definition) is 5. The fraction of sp³-hybridized carbons (Fsp3) is 0.294. The van der Waals surface area contributed by atoms with E-state index >= 15 is 0 Å². The van der Waals surface area contributed by atoms with Crippen molar-refractivity contribution in [3.63, 3.8) is 0 Å². The number of fused-ring (bicyclic) bond motifs is 1. The lowest BCUT2D eigenvalue weighted by molar-refractivity contribution is -0.137. The van der Waals surface area contributed by atoms with Crippen molar-refractivity contribution in [2.24, 2.45) is 0 Å². The normalized spacial score (nSPS) is 13.3. The third-order valence-electron chi connectivity index (χ3n) is 3.56. The molecule has 0 unspecified atom stereocenters. The van der Waals surface area contributed by atoms with E-state index < -0.39 is 11.7 Å². The highest BCUT2D eigenvalue weighted by Gasteiger charge is 2.30. The summed E-state index contributed by atoms with van der Waals surface area (Å²) in [5.41, 5.74) is -0.0814. The smallest absolute Gasteiger partial charge is 0.417 e. The molecule has 0 aliphatic carbocycles. The van der Waals surface area contributed by atoms with Gasteiger partial charge in [0.2, 0.25) is 5.91 Å². The van der Waals surface area contributed by atoms with Crippen molar-refractivity contribution in [1.29, 1.82) is 0 Å². The topological polar surface area (TPSA) is 60.5 Å². The van der Waals surface area contributed by atoms with Crippen LogP contribution in [-0.2, 0) is 17.5 Å². The third kappa shape index (κ3) is 5.20. The molecule has 1 amide bonds. The van der Waals surface area contributed by atoms with Crippen molar-refractivity contribution in [3.05, 3.63) is 46.6 Å². The van der Waals surface area contributed by atoms with Crippen molar-refractivity contribution in [3.8, 4) is 11.5 Å². The van der Waals surface area contributed by atoms with Crippen LogP contribution in [-0.4, -0.2) is 29.9 Å². The number of halogens is 4. The second-order valence-corrected chi connectivity index (χ2v) is 6.95. The van der Waals surface area contributed by atoms with Gasteiger partial charge in [-0.05, 0) is 29.8 Å². The van der Waals surface area contributed by atoms with Crippen molar-refractivity contribution >= 4 is 29.3 Å². The lowest BCUT2D eigenvalue weighted by Gasteiger charge is -2.20. The first-order valence-corrected chi connectivity index (χ1v) is 9.20. The molecule has 0 bridgehead atoms. The predicted octanol–water partition coefficient (Wildman–Crippen LogP) is 3.93. The molecule has 1 N–H and O–H groups in total. The van der Waals surface area contributed by atoms with E-state index in [4.69, 9.17) is 21.1 Å². The van der Waals surface area contributed by atoms with E-state index in [1.165, 1.54) is 6.07 Å². The Morgan fingerprint density at radius 2 is 2.04 bits per heavy atom. The second kappa shape index (κ2) is 8.26. The number of benzene rings is 1. The third-order valence-corrected chi connectivity index (χ3v) is 4.79. The Labute approximate surface area is 162 Å². The molecule has 27 heavy (non-hydrogen) atoms. The summed E-state index contributed by atoms with van der Waals surface area (Å²) in [5, 5.41) is 3.45. The van der Waals surface area contributed by atoms with E-state index in [0.29, 0.717) is 34.8 Å². The van der Waals surface area contributed by atoms with Gasteiger partial charge in [-0.1, -0.05) is 23.4 Å². The van der Waals surface area contributed by atoms with Crippen molar-refractivity contribution in [1.82, 2.24) is 10.3 Å². The van der Waals surface area contributed by atoms with E-state index in [1.54, 1.807) is 12.1 Å². The molecule has 0 radical (unpaired) electrons. The van der Waals surface area contributed by atoms with Crippen LogP contribution in [0.3, 0.4) is 0 Å². The summed E-state index contributed by atoms with van der Waals surface area (Å²) < 4.78 is 48.4. The number of hydrogen-bond donors (Lipinski definition) is 1. The van der Waals surface area contributed by atoms with Crippen LogP contribution in [0.25, 0.3) is 0 Å². The molecule has 0 fully saturated rings. The number of carbonyl (C=O) groups is 1. The van der Waals surface area contributed by atoms with Gasteiger partial charge in [0.05, 0.1) is 21.4 Å². The molecule has 144 valence electrons. The van der Waals surface area contributed by atoms with Gasteiger partial charge >= 0.3 is 6.18 Å². The van der Waals surface area contributed by atoms with Gasteiger partial charge in [0.1, 0.15) is 13.2 Å². The maximum absolute atomic E-state index is 12.5. The first kappa shape index (κ1) is 19.6. The van der Waals surface area contributed by atoms with Gasteiger partial charge in [-0.25, -0.2) is 4.98 Å². The number of nitrogens with one attached hydrogen (secondary N) is 1. The van der Waals surface area contributed by atoms with Crippen LogP contribution in [0.5, 0.6) is 11.5 Å². The first-order valence-electron chi connectivity index (χ1n) is 7.83. The quantitative estimate of drug-likeness (QED) is 0.745. The Hall–Kier alpha value is -2.13. The highest BCUT2D eigenvalue weighted by Crippen LogP contribution is 2.38. The number of pyridine rings is 1. The average Bonchev–Trinajstić information content (AvgIpc) is 2.64. The van der Waals surface area contributed by atoms with Gasteiger partial charge < -0.3 is 14.8 Å². The lowest BCUT2D eigenvalue weighted by atomic mass is 10.2. The van der Waals surface area contributed by atoms with Gasteiger partial charge in [-0.3, -0.25) is 4.79 Å². The molecule has 1 aliphatic rings. The number of ether oxygens (including phenoxy) is 2. The van der Waals surface area contributed by atoms with Crippen LogP contribution in [0.2, 0.25) is 5.02 Å². The molecule has 1 aliphatic heterocycles. The molecule has 2 aromatic rings. The molecule has 3 rings (SSSR count). The largest absolute Gasteiger partial charge is 0.486 e. The summed E-state index contributed by atoms with van der Waals surface area (Å²) in [7, 11) is 0. The van der Waals surface area contributed by atoms with Crippen LogP contribution >= 0.6 is 23.4 Å². The van der Waals surface area contributed by atoms with E-state index in [0.717, 1.165) is 29.6 Å². The number of amides is 1. The van der Waals surface area contributed by atoms with Crippen molar-refractivity contribution < 1.29 is 27.4 Å². The first-order chi connectivity index (χ1) is 12.8. The number of rotatable bonds is 5. The summed E-state index contributed by atoms with van der Waals surface area (Å²) >= 11 is 7.19. The standard InChI is InChI=1S/C17H14ClF3N2O3S/c18-12-5-10(6-13-16(12)26-4-3-25-13)7-22-14(24)9-27-15-2-1-11(8-23-15)17(19,20)21/h1-2,5-6,8H,3-4,7,9H2,(H,22,24). The van der Waals surface area contributed by atoms with Crippen molar-refractivity contribution in [2.75, 3.05) is 19.0 Å². The molecule has 0 atom stereocenters. The summed E-state index contributed by atoms with van der Waals surface area (Å²) in [5.74, 6) is 0.757. The number of aromatic nitrogens is 1. The molecule has 0 saturated carbocycles. The van der Waals surface area contributed by atoms with E-state index in [1.807, 2.05) is 0 Å². The molecule has 1 aromatic heterocycles. The van der Waals surface area contributed by atoms with Crippen LogP contribution < -0.4 is 14.8 Å². The minimum Gasteiger partial charge on any atom is -0.486 e. The zero-order valence-electron chi connectivity index (χ0n) is 13.8. The van der Waals surface area contributed by atoms with Crippen LogP contribution in [0.15, 0.2) is 35.5 Å². The van der Waals surface area contributed by atoms with Crippen LogP contribution in [0, 0.1) is 0 Å². The minimum absolute atomic E-state index is 0.0245. The Bertz CT molecular complexity index is 831. The predicted molar refractivity (Wildman–Crippen MR) is 94.3 cm³/mol. The van der Waals surface area contributed by atoms with Crippen LogP contribution in [0.1, 0.15) is 11.1 Å². The molecule has 0 saturated heterocycles. The Morgan fingerprint density at radius 3 is 2.74 bits per heavy atom. The average molecular weight is 419 g/mol. The molecular weight excluding hydrogens is 405 g/mol. The van der Waals surface area contributed by atoms with Gasteiger partial charge in [0, 0.05) is 12.7 Å². The summed E-state index contributed by atoms with van der Waals surface area (Å²) in [6.07, 6.45) is -3.68. The van der Waals surface area contributed by atoms with Crippen molar-refractivity contribution in [2.45, 2.75) is 17.7 Å². The maximum atomic E-state index is 12.5. The van der Waals surface area contributed by atoms with E-state index in [9.17, 15) is 18.0 Å². The molecule has 10 heteroatoms. The minimum atomic E-state index is -4.43. The fourth-order valence-electron chi connectivity index (χ4n) is 2.29. The van der Waals surface area contributed by atoms with Gasteiger partial charge in [-0.2, -0.15) is 13.2 Å². The lowest BCUT2D eigenvalue weighted by Crippen LogP contribution is -2.25. The highest BCUT2D eigenvalue weighted by molar-refractivity contribution is 7.99.